The van der Waals surface area contributed by atoms with Gasteiger partial charge < -0.3 is 19.2 Å². The Balaban J connectivity index is 2.14. The molecule has 2 heterocycles. The van der Waals surface area contributed by atoms with Crippen LogP contribution in [-0.4, -0.2) is 26.8 Å². The first-order chi connectivity index (χ1) is 6.87. The van der Waals surface area contributed by atoms with Gasteiger partial charge in [-0.25, -0.2) is 0 Å². The van der Waals surface area contributed by atoms with E-state index in [1.165, 1.54) is 0 Å². The molecule has 0 radical (unpaired) electrons. The van der Waals surface area contributed by atoms with Crippen LogP contribution in [0.1, 0.15) is 12.2 Å². The second kappa shape index (κ2) is 4.13. The van der Waals surface area contributed by atoms with Gasteiger partial charge in [-0.3, -0.25) is 0 Å². The maximum absolute atomic E-state index is 5.63. The first-order valence-electron chi connectivity index (χ1n) is 4.84. The zero-order valence-electron chi connectivity index (χ0n) is 8.29. The van der Waals surface area contributed by atoms with E-state index in [1.807, 2.05) is 19.2 Å². The highest BCUT2D eigenvalue weighted by Gasteiger charge is 2.40. The summed E-state index contributed by atoms with van der Waals surface area (Å²) in [5.74, 6) is 0.0947. The van der Waals surface area contributed by atoms with E-state index < -0.39 is 5.79 Å². The van der Waals surface area contributed by atoms with Crippen LogP contribution in [0.5, 0.6) is 0 Å². The van der Waals surface area contributed by atoms with Crippen LogP contribution in [0.2, 0.25) is 0 Å². The average molecular weight is 197 g/mol. The molecule has 0 aromatic carbocycles. The van der Waals surface area contributed by atoms with Crippen molar-refractivity contribution in [3.63, 3.8) is 0 Å². The fraction of sp³-hybridized carbons (Fsp3) is 0.600. The maximum atomic E-state index is 5.63. The molecule has 0 atom stereocenters. The van der Waals surface area contributed by atoms with E-state index in [1.54, 1.807) is 6.26 Å². The molecule has 1 aliphatic rings. The second-order valence-corrected chi connectivity index (χ2v) is 3.28. The van der Waals surface area contributed by atoms with Crippen LogP contribution in [0, 0.1) is 0 Å². The van der Waals surface area contributed by atoms with Gasteiger partial charge in [0.2, 0.25) is 5.79 Å². The third kappa shape index (κ3) is 1.68. The van der Waals surface area contributed by atoms with E-state index in [0.717, 1.165) is 18.7 Å². The normalized spacial score (nSPS) is 20.1. The van der Waals surface area contributed by atoms with Crippen LogP contribution in [0.4, 0.5) is 0 Å². The third-order valence-corrected chi connectivity index (χ3v) is 2.35. The summed E-state index contributed by atoms with van der Waals surface area (Å²) < 4.78 is 16.6. The zero-order chi connectivity index (χ0) is 9.86. The Labute approximate surface area is 83.2 Å². The number of rotatable bonds is 4. The first-order valence-corrected chi connectivity index (χ1v) is 4.84. The van der Waals surface area contributed by atoms with Crippen LogP contribution in [0.15, 0.2) is 22.8 Å². The van der Waals surface area contributed by atoms with Gasteiger partial charge in [0.15, 0.2) is 5.76 Å². The molecule has 4 heteroatoms. The summed E-state index contributed by atoms with van der Waals surface area (Å²) in [7, 11) is 1.91. The highest BCUT2D eigenvalue weighted by Crippen LogP contribution is 2.34. The predicted octanol–water partition coefficient (Wildman–Crippen LogP) is 1.09. The molecule has 2 rings (SSSR count). The van der Waals surface area contributed by atoms with Gasteiger partial charge in [0.25, 0.3) is 0 Å². The molecule has 14 heavy (non-hydrogen) atoms. The second-order valence-electron chi connectivity index (χ2n) is 3.28. The fourth-order valence-corrected chi connectivity index (χ4v) is 1.65. The van der Waals surface area contributed by atoms with Crippen molar-refractivity contribution in [1.29, 1.82) is 0 Å². The van der Waals surface area contributed by atoms with E-state index >= 15 is 0 Å². The summed E-state index contributed by atoms with van der Waals surface area (Å²) in [5, 5.41) is 3.08. The summed E-state index contributed by atoms with van der Waals surface area (Å²) in [6.45, 7) is 2.09. The molecule has 1 aliphatic heterocycles. The number of ether oxygens (including phenoxy) is 2. The number of furan rings is 1. The van der Waals surface area contributed by atoms with Gasteiger partial charge >= 0.3 is 0 Å². The number of hydrogen-bond acceptors (Lipinski definition) is 4. The van der Waals surface area contributed by atoms with Crippen molar-refractivity contribution in [3.8, 4) is 0 Å². The molecule has 0 aliphatic carbocycles. The molecule has 1 fully saturated rings. The van der Waals surface area contributed by atoms with Gasteiger partial charge in [0.05, 0.1) is 19.5 Å². The van der Waals surface area contributed by atoms with Crippen molar-refractivity contribution in [2.24, 2.45) is 0 Å². The average Bonchev–Trinajstić information content (AvgIpc) is 2.86. The van der Waals surface area contributed by atoms with Gasteiger partial charge in [-0.2, -0.15) is 0 Å². The Morgan fingerprint density at radius 2 is 2.21 bits per heavy atom. The molecule has 78 valence electrons. The molecule has 1 aromatic heterocycles. The summed E-state index contributed by atoms with van der Waals surface area (Å²) in [6, 6.07) is 3.74. The molecule has 0 saturated carbocycles. The lowest BCUT2D eigenvalue weighted by Gasteiger charge is -2.24. The Morgan fingerprint density at radius 3 is 2.79 bits per heavy atom. The summed E-state index contributed by atoms with van der Waals surface area (Å²) in [4.78, 5) is 0. The molecule has 1 aromatic rings. The van der Waals surface area contributed by atoms with Crippen molar-refractivity contribution in [2.75, 3.05) is 26.8 Å². The molecule has 1 saturated heterocycles. The lowest BCUT2D eigenvalue weighted by molar-refractivity contribution is -0.182. The highest BCUT2D eigenvalue weighted by atomic mass is 16.7. The van der Waals surface area contributed by atoms with Crippen LogP contribution in [-0.2, 0) is 15.3 Å². The van der Waals surface area contributed by atoms with Crippen molar-refractivity contribution >= 4 is 0 Å². The Hall–Kier alpha value is -0.840. The predicted molar refractivity (Wildman–Crippen MR) is 50.8 cm³/mol. The zero-order valence-corrected chi connectivity index (χ0v) is 8.29. The van der Waals surface area contributed by atoms with Gasteiger partial charge in [0, 0.05) is 13.0 Å². The quantitative estimate of drug-likeness (QED) is 0.784. The van der Waals surface area contributed by atoms with Crippen molar-refractivity contribution in [2.45, 2.75) is 12.2 Å². The molecule has 0 amide bonds. The Kier molecular flexibility index (Phi) is 2.86. The molecular formula is C10H15NO3. The lowest BCUT2D eigenvalue weighted by Crippen LogP contribution is -2.30. The fourth-order valence-electron chi connectivity index (χ4n) is 1.65. The van der Waals surface area contributed by atoms with Crippen LogP contribution in [0.25, 0.3) is 0 Å². The van der Waals surface area contributed by atoms with Crippen LogP contribution >= 0.6 is 0 Å². The van der Waals surface area contributed by atoms with Gasteiger partial charge in [-0.05, 0) is 19.2 Å². The van der Waals surface area contributed by atoms with E-state index in [-0.39, 0.29) is 0 Å². The molecule has 4 nitrogen and oxygen atoms in total. The molecular weight excluding hydrogens is 182 g/mol. The van der Waals surface area contributed by atoms with Crippen LogP contribution < -0.4 is 5.32 Å². The number of nitrogens with one attached hydrogen (secondary N) is 1. The molecule has 0 spiro atoms. The minimum Gasteiger partial charge on any atom is -0.464 e. The van der Waals surface area contributed by atoms with E-state index in [9.17, 15) is 0 Å². The summed E-state index contributed by atoms with van der Waals surface area (Å²) >= 11 is 0. The first kappa shape index (κ1) is 9.71. The topological polar surface area (TPSA) is 43.6 Å². The van der Waals surface area contributed by atoms with E-state index in [2.05, 4.69) is 5.32 Å². The lowest BCUT2D eigenvalue weighted by atomic mass is 10.1. The Morgan fingerprint density at radius 1 is 1.43 bits per heavy atom. The van der Waals surface area contributed by atoms with Gasteiger partial charge in [-0.15, -0.1) is 0 Å². The van der Waals surface area contributed by atoms with E-state index in [0.29, 0.717) is 13.2 Å². The van der Waals surface area contributed by atoms with Gasteiger partial charge in [0.1, 0.15) is 0 Å². The number of hydrogen-bond donors (Lipinski definition) is 1. The Bertz CT molecular complexity index is 265. The monoisotopic (exact) mass is 197 g/mol. The SMILES string of the molecule is CNCCC1(c2ccco2)OCCO1. The standard InChI is InChI=1S/C10H15NO3/c1-11-5-4-10(13-7-8-14-10)9-3-2-6-12-9/h2-3,6,11H,4-5,7-8H2,1H3. The molecule has 1 N–H and O–H groups in total. The van der Waals surface area contributed by atoms with Crippen molar-refractivity contribution in [1.82, 2.24) is 5.32 Å². The third-order valence-electron chi connectivity index (χ3n) is 2.35. The smallest absolute Gasteiger partial charge is 0.229 e. The van der Waals surface area contributed by atoms with Crippen LogP contribution in [0.3, 0.4) is 0 Å². The molecule has 0 bridgehead atoms. The highest BCUT2D eigenvalue weighted by molar-refractivity contribution is 5.07. The minimum atomic E-state index is -0.660. The maximum Gasteiger partial charge on any atom is 0.229 e. The van der Waals surface area contributed by atoms with Crippen molar-refractivity contribution in [3.05, 3.63) is 24.2 Å². The largest absolute Gasteiger partial charge is 0.464 e. The summed E-state index contributed by atoms with van der Waals surface area (Å²) in [5.41, 5.74) is 0. The molecule has 0 unspecified atom stereocenters. The minimum absolute atomic E-state index is 0.629. The summed E-state index contributed by atoms with van der Waals surface area (Å²) in [6.07, 6.45) is 2.40. The van der Waals surface area contributed by atoms with E-state index in [4.69, 9.17) is 13.9 Å². The van der Waals surface area contributed by atoms with Crippen molar-refractivity contribution < 1.29 is 13.9 Å². The van der Waals surface area contributed by atoms with Gasteiger partial charge in [-0.1, -0.05) is 0 Å².